The largest absolute Gasteiger partial charge is 0.494 e. The average molecular weight is 261 g/mol. The molecule has 0 heterocycles. The van der Waals surface area contributed by atoms with Crippen LogP contribution in [0.5, 0.6) is 5.75 Å². The molecular weight excluding hydrogens is 234 g/mol. The zero-order chi connectivity index (χ0) is 13.3. The number of nitrogens with one attached hydrogen (secondary N) is 1. The van der Waals surface area contributed by atoms with E-state index in [1.165, 1.54) is 44.1 Å². The zero-order valence-electron chi connectivity index (χ0n) is 12.2. The quantitative estimate of drug-likeness (QED) is 0.710. The molecule has 0 spiro atoms. The third kappa shape index (κ3) is 5.23. The van der Waals surface area contributed by atoms with Gasteiger partial charge in [-0.05, 0) is 49.9 Å². The summed E-state index contributed by atoms with van der Waals surface area (Å²) in [5.74, 6) is 2.00. The van der Waals surface area contributed by atoms with E-state index in [4.69, 9.17) is 4.74 Å². The predicted octanol–water partition coefficient (Wildman–Crippen LogP) is 4.15. The molecule has 1 saturated carbocycles. The number of ether oxygens (including phenoxy) is 1. The highest BCUT2D eigenvalue weighted by Gasteiger charge is 2.13. The molecule has 0 atom stereocenters. The fraction of sp³-hybridized carbons (Fsp3) is 0.647. The van der Waals surface area contributed by atoms with Gasteiger partial charge in [0, 0.05) is 6.54 Å². The van der Waals surface area contributed by atoms with Gasteiger partial charge in [0.1, 0.15) is 5.75 Å². The minimum atomic E-state index is 0.734. The third-order valence-electron chi connectivity index (χ3n) is 3.98. The molecule has 0 radical (unpaired) electrons. The van der Waals surface area contributed by atoms with Gasteiger partial charge in [0.2, 0.25) is 0 Å². The van der Waals surface area contributed by atoms with Gasteiger partial charge in [-0.3, -0.25) is 0 Å². The SMILES string of the molecule is CCOc1cccc(CNCCCC2CCCC2)c1. The lowest BCUT2D eigenvalue weighted by atomic mass is 10.0. The van der Waals surface area contributed by atoms with Crippen LogP contribution >= 0.6 is 0 Å². The summed E-state index contributed by atoms with van der Waals surface area (Å²) in [6.45, 7) is 4.84. The Morgan fingerprint density at radius 1 is 1.26 bits per heavy atom. The Kier molecular flexibility index (Phi) is 6.22. The molecule has 2 nitrogen and oxygen atoms in total. The Labute approximate surface area is 117 Å². The first-order valence-corrected chi connectivity index (χ1v) is 7.81. The average Bonchev–Trinajstić information content (AvgIpc) is 2.92. The van der Waals surface area contributed by atoms with Gasteiger partial charge in [0.15, 0.2) is 0 Å². The topological polar surface area (TPSA) is 21.3 Å². The van der Waals surface area contributed by atoms with Crippen molar-refractivity contribution in [1.29, 1.82) is 0 Å². The highest BCUT2D eigenvalue weighted by Crippen LogP contribution is 2.28. The molecule has 0 aromatic heterocycles. The van der Waals surface area contributed by atoms with E-state index in [-0.39, 0.29) is 0 Å². The van der Waals surface area contributed by atoms with Crippen molar-refractivity contribution in [2.24, 2.45) is 5.92 Å². The summed E-state index contributed by atoms with van der Waals surface area (Å²) >= 11 is 0. The van der Waals surface area contributed by atoms with Crippen molar-refractivity contribution in [3.63, 3.8) is 0 Å². The summed E-state index contributed by atoms with van der Waals surface area (Å²) in [6, 6.07) is 8.38. The molecule has 2 heteroatoms. The standard InChI is InChI=1S/C17H27NO/c1-2-19-17-11-5-9-16(13-17)14-18-12-6-10-15-7-3-4-8-15/h5,9,11,13,15,18H,2-4,6-8,10,12,14H2,1H3. The lowest BCUT2D eigenvalue weighted by Gasteiger charge is -2.10. The molecule has 0 unspecified atom stereocenters. The van der Waals surface area contributed by atoms with E-state index < -0.39 is 0 Å². The van der Waals surface area contributed by atoms with Crippen LogP contribution in [-0.4, -0.2) is 13.2 Å². The molecule has 1 N–H and O–H groups in total. The normalized spacial score (nSPS) is 15.8. The maximum absolute atomic E-state index is 5.51. The van der Waals surface area contributed by atoms with E-state index in [2.05, 4.69) is 23.5 Å². The molecule has 0 saturated heterocycles. The summed E-state index contributed by atoms with van der Waals surface area (Å²) in [4.78, 5) is 0. The maximum Gasteiger partial charge on any atom is 0.119 e. The second kappa shape index (κ2) is 8.21. The summed E-state index contributed by atoms with van der Waals surface area (Å²) in [6.07, 6.45) is 8.58. The fourth-order valence-corrected chi connectivity index (χ4v) is 2.96. The van der Waals surface area contributed by atoms with E-state index in [9.17, 15) is 0 Å². The van der Waals surface area contributed by atoms with Crippen LogP contribution in [0.25, 0.3) is 0 Å². The van der Waals surface area contributed by atoms with Crippen molar-refractivity contribution in [3.8, 4) is 5.75 Å². The van der Waals surface area contributed by atoms with Gasteiger partial charge < -0.3 is 10.1 Å². The van der Waals surface area contributed by atoms with Crippen molar-refractivity contribution >= 4 is 0 Å². The molecule has 106 valence electrons. The summed E-state index contributed by atoms with van der Waals surface area (Å²) in [7, 11) is 0. The summed E-state index contributed by atoms with van der Waals surface area (Å²) in [5.41, 5.74) is 1.31. The molecule has 0 amide bonds. The molecular formula is C17H27NO. The highest BCUT2D eigenvalue weighted by molar-refractivity contribution is 5.28. The fourth-order valence-electron chi connectivity index (χ4n) is 2.96. The van der Waals surface area contributed by atoms with E-state index in [0.717, 1.165) is 31.4 Å². The molecule has 1 fully saturated rings. The molecule has 19 heavy (non-hydrogen) atoms. The number of hydrogen-bond donors (Lipinski definition) is 1. The Morgan fingerprint density at radius 3 is 2.89 bits per heavy atom. The van der Waals surface area contributed by atoms with E-state index in [1.54, 1.807) is 0 Å². The monoisotopic (exact) mass is 261 g/mol. The highest BCUT2D eigenvalue weighted by atomic mass is 16.5. The molecule has 1 aliphatic carbocycles. The van der Waals surface area contributed by atoms with Gasteiger partial charge in [-0.1, -0.05) is 37.8 Å². The molecule has 2 rings (SSSR count). The van der Waals surface area contributed by atoms with Crippen LogP contribution in [0.2, 0.25) is 0 Å². The van der Waals surface area contributed by atoms with Gasteiger partial charge in [-0.25, -0.2) is 0 Å². The lowest BCUT2D eigenvalue weighted by molar-refractivity contribution is 0.340. The molecule has 1 aromatic rings. The van der Waals surface area contributed by atoms with E-state index >= 15 is 0 Å². The van der Waals surface area contributed by atoms with Crippen LogP contribution in [0.3, 0.4) is 0 Å². The van der Waals surface area contributed by atoms with Crippen LogP contribution < -0.4 is 10.1 Å². The van der Waals surface area contributed by atoms with Gasteiger partial charge in [0.25, 0.3) is 0 Å². The molecule has 0 aliphatic heterocycles. The van der Waals surface area contributed by atoms with Gasteiger partial charge >= 0.3 is 0 Å². The number of benzene rings is 1. The van der Waals surface area contributed by atoms with Crippen LogP contribution in [0.4, 0.5) is 0 Å². The van der Waals surface area contributed by atoms with Gasteiger partial charge in [-0.2, -0.15) is 0 Å². The number of rotatable bonds is 8. The van der Waals surface area contributed by atoms with E-state index in [1.807, 2.05) is 13.0 Å². The van der Waals surface area contributed by atoms with E-state index in [0.29, 0.717) is 0 Å². The smallest absolute Gasteiger partial charge is 0.119 e. The first-order valence-electron chi connectivity index (χ1n) is 7.81. The predicted molar refractivity (Wildman–Crippen MR) is 80.5 cm³/mol. The van der Waals surface area contributed by atoms with Crippen molar-refractivity contribution in [2.75, 3.05) is 13.2 Å². The minimum Gasteiger partial charge on any atom is -0.494 e. The second-order valence-corrected chi connectivity index (χ2v) is 5.55. The maximum atomic E-state index is 5.51. The van der Waals surface area contributed by atoms with Crippen LogP contribution in [0.15, 0.2) is 24.3 Å². The van der Waals surface area contributed by atoms with Crippen LogP contribution in [0.1, 0.15) is 51.0 Å². The first-order chi connectivity index (χ1) is 9.38. The van der Waals surface area contributed by atoms with Crippen molar-refractivity contribution in [3.05, 3.63) is 29.8 Å². The Morgan fingerprint density at radius 2 is 2.11 bits per heavy atom. The Bertz CT molecular complexity index is 358. The van der Waals surface area contributed by atoms with Crippen molar-refractivity contribution in [2.45, 2.75) is 52.0 Å². The van der Waals surface area contributed by atoms with Crippen molar-refractivity contribution in [1.82, 2.24) is 5.32 Å². The second-order valence-electron chi connectivity index (χ2n) is 5.55. The van der Waals surface area contributed by atoms with Crippen molar-refractivity contribution < 1.29 is 4.74 Å². The van der Waals surface area contributed by atoms with Crippen LogP contribution in [-0.2, 0) is 6.54 Å². The minimum absolute atomic E-state index is 0.734. The summed E-state index contributed by atoms with van der Waals surface area (Å²) in [5, 5.41) is 3.54. The molecule has 0 bridgehead atoms. The third-order valence-corrected chi connectivity index (χ3v) is 3.98. The number of hydrogen-bond acceptors (Lipinski definition) is 2. The van der Waals surface area contributed by atoms with Crippen LogP contribution in [0, 0.1) is 5.92 Å². The molecule has 1 aliphatic rings. The Hall–Kier alpha value is -1.02. The zero-order valence-corrected chi connectivity index (χ0v) is 12.2. The Balaban J connectivity index is 1.60. The first kappa shape index (κ1) is 14.4. The van der Waals surface area contributed by atoms with Gasteiger partial charge in [-0.15, -0.1) is 0 Å². The van der Waals surface area contributed by atoms with Gasteiger partial charge in [0.05, 0.1) is 6.61 Å². The lowest BCUT2D eigenvalue weighted by Crippen LogP contribution is -2.15. The molecule has 1 aromatic carbocycles. The summed E-state index contributed by atoms with van der Waals surface area (Å²) < 4.78 is 5.51.